The fraction of sp³-hybridized carbons (Fsp3) is 0.235. The quantitative estimate of drug-likeness (QED) is 0.756. The summed E-state index contributed by atoms with van der Waals surface area (Å²) in [5.74, 6) is 1.17. The highest BCUT2D eigenvalue weighted by Gasteiger charge is 2.16. The van der Waals surface area contributed by atoms with Crippen molar-refractivity contribution >= 4 is 5.91 Å². The van der Waals surface area contributed by atoms with Gasteiger partial charge in [0.25, 0.3) is 5.91 Å². The van der Waals surface area contributed by atoms with E-state index < -0.39 is 0 Å². The molecular weight excluding hydrogens is 322 g/mol. The van der Waals surface area contributed by atoms with Crippen LogP contribution in [-0.2, 0) is 13.6 Å². The maximum atomic E-state index is 12.3. The van der Waals surface area contributed by atoms with Crippen molar-refractivity contribution in [2.24, 2.45) is 7.05 Å². The fourth-order valence-electron chi connectivity index (χ4n) is 2.63. The number of aromatic nitrogens is 4. The van der Waals surface area contributed by atoms with Gasteiger partial charge in [0.15, 0.2) is 11.5 Å². The zero-order valence-corrected chi connectivity index (χ0v) is 13.9. The summed E-state index contributed by atoms with van der Waals surface area (Å²) in [5.41, 5.74) is 3.91. The largest absolute Gasteiger partial charge is 0.454 e. The van der Waals surface area contributed by atoms with E-state index in [0.717, 1.165) is 16.8 Å². The molecule has 0 atom stereocenters. The summed E-state index contributed by atoms with van der Waals surface area (Å²) in [4.78, 5) is 12.3. The molecule has 0 spiro atoms. The molecule has 0 unspecified atom stereocenters. The normalized spacial score (nSPS) is 12.4. The Labute approximate surface area is 143 Å². The van der Waals surface area contributed by atoms with Crippen LogP contribution in [0.2, 0.25) is 0 Å². The number of hydrogen-bond acceptors (Lipinski definition) is 5. The maximum absolute atomic E-state index is 12.3. The van der Waals surface area contributed by atoms with Gasteiger partial charge in [0.2, 0.25) is 6.79 Å². The van der Waals surface area contributed by atoms with Crippen LogP contribution < -0.4 is 14.8 Å². The van der Waals surface area contributed by atoms with Gasteiger partial charge in [0.05, 0.1) is 11.9 Å². The van der Waals surface area contributed by atoms with Gasteiger partial charge in [0, 0.05) is 30.4 Å². The molecule has 1 aliphatic rings. The number of carbonyl (C=O) groups excluding carboxylic acids is 1. The van der Waals surface area contributed by atoms with Crippen LogP contribution in [0.3, 0.4) is 0 Å². The first-order valence-electron chi connectivity index (χ1n) is 7.83. The number of hydrogen-bond donors (Lipinski definition) is 2. The van der Waals surface area contributed by atoms with Crippen molar-refractivity contribution in [3.63, 3.8) is 0 Å². The first kappa shape index (κ1) is 15.3. The van der Waals surface area contributed by atoms with Gasteiger partial charge in [-0.25, -0.2) is 0 Å². The van der Waals surface area contributed by atoms with Gasteiger partial charge in [-0.05, 0) is 31.2 Å². The Kier molecular flexibility index (Phi) is 3.64. The van der Waals surface area contributed by atoms with Crippen LogP contribution in [0.25, 0.3) is 11.3 Å². The number of aromatic amines is 1. The molecule has 1 aliphatic heterocycles. The molecule has 1 aromatic carbocycles. The first-order chi connectivity index (χ1) is 12.1. The molecule has 0 bridgehead atoms. The van der Waals surface area contributed by atoms with E-state index in [-0.39, 0.29) is 12.7 Å². The fourth-order valence-corrected chi connectivity index (χ4v) is 2.63. The molecule has 4 rings (SSSR count). The topological polar surface area (TPSA) is 94.1 Å². The van der Waals surface area contributed by atoms with Gasteiger partial charge in [-0.15, -0.1) is 0 Å². The number of rotatable bonds is 4. The Morgan fingerprint density at radius 3 is 2.96 bits per heavy atom. The van der Waals surface area contributed by atoms with E-state index in [1.54, 1.807) is 16.9 Å². The number of carbonyl (C=O) groups is 1. The Morgan fingerprint density at radius 2 is 2.16 bits per heavy atom. The van der Waals surface area contributed by atoms with E-state index in [4.69, 9.17) is 9.47 Å². The highest BCUT2D eigenvalue weighted by Crippen LogP contribution is 2.35. The molecule has 0 saturated carbocycles. The van der Waals surface area contributed by atoms with Crippen molar-refractivity contribution in [2.75, 3.05) is 6.79 Å². The average molecular weight is 339 g/mol. The lowest BCUT2D eigenvalue weighted by atomic mass is 10.1. The third kappa shape index (κ3) is 2.82. The molecule has 1 amide bonds. The lowest BCUT2D eigenvalue weighted by Crippen LogP contribution is -2.23. The van der Waals surface area contributed by atoms with E-state index in [0.29, 0.717) is 29.4 Å². The van der Waals surface area contributed by atoms with E-state index in [9.17, 15) is 4.79 Å². The molecule has 0 fully saturated rings. The molecule has 2 N–H and O–H groups in total. The van der Waals surface area contributed by atoms with E-state index in [1.165, 1.54) is 0 Å². The number of nitrogens with zero attached hydrogens (tertiary/aromatic N) is 3. The van der Waals surface area contributed by atoms with Gasteiger partial charge >= 0.3 is 0 Å². The second-order valence-electron chi connectivity index (χ2n) is 5.80. The number of fused-ring (bicyclic) bond motifs is 1. The van der Waals surface area contributed by atoms with Crippen LogP contribution >= 0.6 is 0 Å². The highest BCUT2D eigenvalue weighted by molar-refractivity contribution is 5.93. The summed E-state index contributed by atoms with van der Waals surface area (Å²) in [6.07, 6.45) is 1.75. The van der Waals surface area contributed by atoms with Gasteiger partial charge in [-0.1, -0.05) is 0 Å². The molecule has 8 heteroatoms. The monoisotopic (exact) mass is 339 g/mol. The SMILES string of the molecule is Cc1c(CNC(=O)c2cc(-c3ccc4c(c3)OCO4)n[nH]2)cnn1C. The first-order valence-corrected chi connectivity index (χ1v) is 7.83. The van der Waals surface area contributed by atoms with Gasteiger partial charge in [0.1, 0.15) is 5.69 Å². The summed E-state index contributed by atoms with van der Waals surface area (Å²) < 4.78 is 12.4. The van der Waals surface area contributed by atoms with Crippen LogP contribution in [0, 0.1) is 6.92 Å². The minimum Gasteiger partial charge on any atom is -0.454 e. The summed E-state index contributed by atoms with van der Waals surface area (Å²) in [7, 11) is 1.87. The Balaban J connectivity index is 1.47. The highest BCUT2D eigenvalue weighted by atomic mass is 16.7. The van der Waals surface area contributed by atoms with Gasteiger partial charge in [-0.3, -0.25) is 14.6 Å². The number of benzene rings is 1. The van der Waals surface area contributed by atoms with Crippen molar-refractivity contribution < 1.29 is 14.3 Å². The number of H-pyrrole nitrogens is 1. The molecule has 0 aliphatic carbocycles. The van der Waals surface area contributed by atoms with E-state index in [1.807, 2.05) is 32.2 Å². The molecule has 0 radical (unpaired) electrons. The van der Waals surface area contributed by atoms with Crippen LogP contribution in [0.5, 0.6) is 11.5 Å². The Bertz CT molecular complexity index is 944. The minimum atomic E-state index is -0.220. The van der Waals surface area contributed by atoms with E-state index >= 15 is 0 Å². The standard InChI is InChI=1S/C17H17N5O3/c1-10-12(8-19-22(10)2)7-18-17(23)14-6-13(20-21-14)11-3-4-15-16(5-11)25-9-24-15/h3-6,8H,7,9H2,1-2H3,(H,18,23)(H,20,21). The Morgan fingerprint density at radius 1 is 1.32 bits per heavy atom. The summed E-state index contributed by atoms with van der Waals surface area (Å²) in [6.45, 7) is 2.60. The number of nitrogens with one attached hydrogen (secondary N) is 2. The third-order valence-electron chi connectivity index (χ3n) is 4.27. The molecular formula is C17H17N5O3. The number of aryl methyl sites for hydroxylation is 1. The summed E-state index contributed by atoms with van der Waals surface area (Å²) in [5, 5.41) is 14.0. The number of amides is 1. The smallest absolute Gasteiger partial charge is 0.269 e. The molecule has 3 heterocycles. The molecule has 2 aromatic heterocycles. The zero-order valence-electron chi connectivity index (χ0n) is 13.9. The van der Waals surface area contributed by atoms with Crippen LogP contribution in [0.15, 0.2) is 30.5 Å². The second kappa shape index (κ2) is 5.97. The van der Waals surface area contributed by atoms with Crippen molar-refractivity contribution in [1.82, 2.24) is 25.3 Å². The average Bonchev–Trinajstić information content (AvgIpc) is 3.34. The van der Waals surface area contributed by atoms with E-state index in [2.05, 4.69) is 20.6 Å². The third-order valence-corrected chi connectivity index (χ3v) is 4.27. The predicted molar refractivity (Wildman–Crippen MR) is 89.3 cm³/mol. The molecule has 8 nitrogen and oxygen atoms in total. The molecule has 0 saturated heterocycles. The zero-order chi connectivity index (χ0) is 17.4. The summed E-state index contributed by atoms with van der Waals surface area (Å²) >= 11 is 0. The van der Waals surface area contributed by atoms with Crippen molar-refractivity contribution in [3.05, 3.63) is 47.4 Å². The van der Waals surface area contributed by atoms with Gasteiger partial charge in [-0.2, -0.15) is 10.2 Å². The lowest BCUT2D eigenvalue weighted by molar-refractivity contribution is 0.0946. The van der Waals surface area contributed by atoms with Crippen LogP contribution in [0.1, 0.15) is 21.7 Å². The van der Waals surface area contributed by atoms with Gasteiger partial charge < -0.3 is 14.8 Å². The van der Waals surface area contributed by atoms with Crippen LogP contribution in [0.4, 0.5) is 0 Å². The van der Waals surface area contributed by atoms with Crippen molar-refractivity contribution in [3.8, 4) is 22.8 Å². The van der Waals surface area contributed by atoms with Crippen molar-refractivity contribution in [1.29, 1.82) is 0 Å². The second-order valence-corrected chi connectivity index (χ2v) is 5.80. The molecule has 128 valence electrons. The number of ether oxygens (including phenoxy) is 2. The van der Waals surface area contributed by atoms with Crippen LogP contribution in [-0.4, -0.2) is 32.7 Å². The molecule has 25 heavy (non-hydrogen) atoms. The minimum absolute atomic E-state index is 0.220. The maximum Gasteiger partial charge on any atom is 0.269 e. The molecule has 3 aromatic rings. The Hall–Kier alpha value is -3.29. The lowest BCUT2D eigenvalue weighted by Gasteiger charge is -2.03. The predicted octanol–water partition coefficient (Wildman–Crippen LogP) is 1.78. The van der Waals surface area contributed by atoms with Crippen molar-refractivity contribution in [2.45, 2.75) is 13.5 Å². The summed E-state index contributed by atoms with van der Waals surface area (Å²) in [6, 6.07) is 7.27.